The van der Waals surface area contributed by atoms with Crippen molar-refractivity contribution in [2.24, 2.45) is 0 Å². The van der Waals surface area contributed by atoms with Crippen molar-refractivity contribution in [3.05, 3.63) is 75.5 Å². The maximum atomic E-state index is 13.6. The van der Waals surface area contributed by atoms with Gasteiger partial charge in [-0.15, -0.1) is 0 Å². The molecule has 13 heteroatoms. The second kappa shape index (κ2) is 11.6. The predicted molar refractivity (Wildman–Crippen MR) is 120 cm³/mol. The second-order valence-corrected chi connectivity index (χ2v) is 7.91. The Morgan fingerprint density at radius 2 is 1.92 bits per heavy atom. The Hall–Kier alpha value is -4.00. The molecule has 0 unspecified atom stereocenters. The number of pyridine rings is 1. The van der Waals surface area contributed by atoms with Crippen molar-refractivity contribution < 1.29 is 37.2 Å². The van der Waals surface area contributed by atoms with E-state index < -0.39 is 57.9 Å². The van der Waals surface area contributed by atoms with Crippen LogP contribution in [0, 0.1) is 10.1 Å². The first-order valence-corrected chi connectivity index (χ1v) is 10.9. The number of ether oxygens (including phenoxy) is 2. The molecule has 1 aliphatic heterocycles. The Balaban J connectivity index is 1.91. The Morgan fingerprint density at radius 1 is 1.19 bits per heavy atom. The molecule has 0 spiro atoms. The van der Waals surface area contributed by atoms with Crippen LogP contribution in [0.1, 0.15) is 47.8 Å². The number of hydrazine groups is 1. The van der Waals surface area contributed by atoms with E-state index >= 15 is 0 Å². The number of aromatic nitrogens is 1. The normalized spacial score (nSPS) is 20.2. The third-order valence-corrected chi connectivity index (χ3v) is 5.11. The summed E-state index contributed by atoms with van der Waals surface area (Å²) >= 11 is 0. The number of amides is 2. The maximum Gasteiger partial charge on any atom is 0.421 e. The molecule has 2 N–H and O–H groups in total. The van der Waals surface area contributed by atoms with Crippen molar-refractivity contribution >= 4 is 17.5 Å². The fourth-order valence-electron chi connectivity index (χ4n) is 3.30. The van der Waals surface area contributed by atoms with E-state index in [2.05, 4.69) is 10.4 Å². The number of benzene rings is 1. The van der Waals surface area contributed by atoms with E-state index in [4.69, 9.17) is 9.47 Å². The molecule has 0 saturated carbocycles. The van der Waals surface area contributed by atoms with Gasteiger partial charge in [0.1, 0.15) is 17.8 Å². The first-order chi connectivity index (χ1) is 17.1. The predicted octanol–water partition coefficient (Wildman–Crippen LogP) is 3.86. The standard InChI is InChI=1S/C23H23F3N4O6/c1-14-8-4-2-7-11-18(35-13-15-9-5-3-6-10-15)20(31)28-29-21(32)19-17(30(33)34)12-16(23(24,25)26)22(27-19)36-14/h2-6,9-10,12,14,18H,7-8,11,13H2,1H3,(H,28,31)(H,29,32)/b4-2-/t14-,18-/m1/s1. The van der Waals surface area contributed by atoms with Crippen LogP contribution in [0.15, 0.2) is 48.6 Å². The van der Waals surface area contributed by atoms with Crippen LogP contribution >= 0.6 is 0 Å². The molecule has 2 aromatic rings. The number of halogens is 3. The zero-order valence-corrected chi connectivity index (χ0v) is 19.1. The minimum atomic E-state index is -5.03. The Morgan fingerprint density at radius 3 is 2.58 bits per heavy atom. The smallest absolute Gasteiger partial charge is 0.421 e. The highest BCUT2D eigenvalue weighted by atomic mass is 19.4. The molecule has 0 saturated heterocycles. The first-order valence-electron chi connectivity index (χ1n) is 10.9. The molecule has 2 heterocycles. The number of nitro groups is 1. The third kappa shape index (κ3) is 7.01. The lowest BCUT2D eigenvalue weighted by Crippen LogP contribution is -2.47. The van der Waals surface area contributed by atoms with Crippen molar-refractivity contribution in [3.63, 3.8) is 0 Å². The number of carbonyl (C=O) groups excluding carboxylic acids is 2. The molecule has 36 heavy (non-hydrogen) atoms. The molecule has 2 bridgehead atoms. The van der Waals surface area contributed by atoms with E-state index in [-0.39, 0.29) is 25.5 Å². The van der Waals surface area contributed by atoms with Crippen LogP contribution in [0.4, 0.5) is 18.9 Å². The number of hydrogen-bond donors (Lipinski definition) is 2. The number of carbonyl (C=O) groups is 2. The Labute approximate surface area is 203 Å². The zero-order chi connectivity index (χ0) is 26.3. The van der Waals surface area contributed by atoms with E-state index in [0.29, 0.717) is 6.42 Å². The van der Waals surface area contributed by atoms with Crippen molar-refractivity contribution in [1.29, 1.82) is 0 Å². The third-order valence-electron chi connectivity index (χ3n) is 5.11. The van der Waals surface area contributed by atoms with Gasteiger partial charge < -0.3 is 9.47 Å². The van der Waals surface area contributed by atoms with Gasteiger partial charge in [-0.3, -0.25) is 30.6 Å². The molecule has 1 aromatic carbocycles. The summed E-state index contributed by atoms with van der Waals surface area (Å²) in [4.78, 5) is 39.1. The van der Waals surface area contributed by atoms with Gasteiger partial charge in [0.05, 0.1) is 11.5 Å². The monoisotopic (exact) mass is 508 g/mol. The van der Waals surface area contributed by atoms with Crippen LogP contribution in [-0.4, -0.2) is 33.9 Å². The molecular formula is C23H23F3N4O6. The highest BCUT2D eigenvalue weighted by Crippen LogP contribution is 2.38. The number of fused-ring (bicyclic) bond motifs is 2. The molecule has 192 valence electrons. The van der Waals surface area contributed by atoms with Gasteiger partial charge in [-0.05, 0) is 25.3 Å². The highest BCUT2D eigenvalue weighted by molar-refractivity contribution is 5.97. The summed E-state index contributed by atoms with van der Waals surface area (Å²) in [7, 11) is 0. The van der Waals surface area contributed by atoms with Gasteiger partial charge in [-0.1, -0.05) is 42.5 Å². The number of rotatable bonds is 4. The van der Waals surface area contributed by atoms with E-state index in [9.17, 15) is 32.9 Å². The quantitative estimate of drug-likeness (QED) is 0.364. The summed E-state index contributed by atoms with van der Waals surface area (Å²) in [6, 6.07) is 9.23. The molecule has 3 rings (SSSR count). The van der Waals surface area contributed by atoms with Crippen LogP contribution in [0.3, 0.4) is 0 Å². The lowest BCUT2D eigenvalue weighted by Gasteiger charge is -2.18. The summed E-state index contributed by atoms with van der Waals surface area (Å²) < 4.78 is 51.7. The molecule has 0 fully saturated rings. The van der Waals surface area contributed by atoms with Gasteiger partial charge in [-0.2, -0.15) is 13.2 Å². The number of alkyl halides is 3. The van der Waals surface area contributed by atoms with Crippen LogP contribution in [0.5, 0.6) is 5.88 Å². The minimum absolute atomic E-state index is 0.108. The number of hydrogen-bond acceptors (Lipinski definition) is 7. The summed E-state index contributed by atoms with van der Waals surface area (Å²) in [5, 5.41) is 11.4. The second-order valence-electron chi connectivity index (χ2n) is 7.91. The maximum absolute atomic E-state index is 13.6. The lowest BCUT2D eigenvalue weighted by atomic mass is 10.1. The molecule has 1 aromatic heterocycles. The van der Waals surface area contributed by atoms with Crippen molar-refractivity contribution in [2.75, 3.05) is 0 Å². The highest BCUT2D eigenvalue weighted by Gasteiger charge is 2.40. The molecule has 2 amide bonds. The molecule has 2 atom stereocenters. The van der Waals surface area contributed by atoms with Gasteiger partial charge in [-0.25, -0.2) is 4.98 Å². The fourth-order valence-corrected chi connectivity index (χ4v) is 3.30. The Bertz CT molecular complexity index is 1140. The van der Waals surface area contributed by atoms with E-state index in [1.54, 1.807) is 36.4 Å². The SMILES string of the molecule is C[C@@H]1C/C=C\CC[C@@H](OCc2ccccc2)C(=O)NNC(=O)c2nc(c(C(F)(F)F)cc2[N+](=O)[O-])O1. The minimum Gasteiger partial charge on any atom is -0.474 e. The summed E-state index contributed by atoms with van der Waals surface area (Å²) in [6.45, 7) is 1.60. The van der Waals surface area contributed by atoms with Gasteiger partial charge in [0.15, 0.2) is 0 Å². The average Bonchev–Trinajstić information content (AvgIpc) is 2.83. The average molecular weight is 508 g/mol. The first kappa shape index (κ1) is 26.6. The van der Waals surface area contributed by atoms with Crippen LogP contribution in [0.25, 0.3) is 0 Å². The van der Waals surface area contributed by atoms with Gasteiger partial charge >= 0.3 is 11.9 Å². The Kier molecular flexibility index (Phi) is 8.59. The van der Waals surface area contributed by atoms with Crippen LogP contribution in [-0.2, 0) is 22.3 Å². The van der Waals surface area contributed by atoms with Crippen LogP contribution in [0.2, 0.25) is 0 Å². The van der Waals surface area contributed by atoms with Crippen molar-refractivity contribution in [3.8, 4) is 5.88 Å². The fraction of sp³-hybridized carbons (Fsp3) is 0.348. The largest absolute Gasteiger partial charge is 0.474 e. The van der Waals surface area contributed by atoms with Gasteiger partial charge in [0, 0.05) is 12.5 Å². The van der Waals surface area contributed by atoms with Crippen molar-refractivity contribution in [1.82, 2.24) is 15.8 Å². The summed E-state index contributed by atoms with van der Waals surface area (Å²) in [6.07, 6.45) is -2.65. The molecule has 0 radical (unpaired) electrons. The molecule has 1 aliphatic rings. The molecular weight excluding hydrogens is 485 g/mol. The van der Waals surface area contributed by atoms with Gasteiger partial charge in [0.2, 0.25) is 11.6 Å². The number of nitrogens with zero attached hydrogens (tertiary/aromatic N) is 2. The van der Waals surface area contributed by atoms with E-state index in [1.165, 1.54) is 6.92 Å². The summed E-state index contributed by atoms with van der Waals surface area (Å²) in [5.41, 5.74) is 1.23. The number of nitrogens with one attached hydrogen (secondary N) is 2. The topological polar surface area (TPSA) is 133 Å². The number of allylic oxidation sites excluding steroid dienone is 1. The van der Waals surface area contributed by atoms with E-state index in [1.807, 2.05) is 11.5 Å². The van der Waals surface area contributed by atoms with Crippen molar-refractivity contribution in [2.45, 2.75) is 51.2 Å². The van der Waals surface area contributed by atoms with Gasteiger partial charge in [0.25, 0.3) is 11.8 Å². The van der Waals surface area contributed by atoms with E-state index in [0.717, 1.165) is 5.56 Å². The molecule has 10 nitrogen and oxygen atoms in total. The summed E-state index contributed by atoms with van der Waals surface area (Å²) in [5.74, 6) is -3.03. The molecule has 0 aliphatic carbocycles. The lowest BCUT2D eigenvalue weighted by molar-refractivity contribution is -0.385. The van der Waals surface area contributed by atoms with Crippen LogP contribution < -0.4 is 15.6 Å². The zero-order valence-electron chi connectivity index (χ0n) is 19.1.